The van der Waals surface area contributed by atoms with Crippen molar-refractivity contribution in [2.24, 2.45) is 23.5 Å². The van der Waals surface area contributed by atoms with Crippen LogP contribution in [0.3, 0.4) is 0 Å². The van der Waals surface area contributed by atoms with Crippen LogP contribution in [-0.4, -0.2) is 39.3 Å². The van der Waals surface area contributed by atoms with Gasteiger partial charge in [0.15, 0.2) is 0 Å². The second kappa shape index (κ2) is 10.0. The highest BCUT2D eigenvalue weighted by atomic mass is 35.5. The number of nitrogens with one attached hydrogen (secondary N) is 2. The molecule has 3 rings (SSSR count). The number of methoxy groups -OCH3 is 2. The highest BCUT2D eigenvalue weighted by Crippen LogP contribution is 2.41. The first-order chi connectivity index (χ1) is 12.6. The SMILES string of the molecule is COc1cc(NCCNC(=O)C2CC3CCCC(C2)C3N)cc(OC)c1.Cl. The Balaban J connectivity index is 0.00000261. The Morgan fingerprint density at radius 3 is 2.22 bits per heavy atom. The molecule has 2 bridgehead atoms. The summed E-state index contributed by atoms with van der Waals surface area (Å²) in [6.45, 7) is 1.25. The molecule has 0 aromatic heterocycles. The fourth-order valence-electron chi connectivity index (χ4n) is 4.45. The molecule has 1 aromatic carbocycles. The molecule has 4 N–H and O–H groups in total. The number of nitrogens with two attached hydrogens (primary N) is 1. The maximum atomic E-state index is 12.5. The summed E-state index contributed by atoms with van der Waals surface area (Å²) in [4.78, 5) is 12.5. The zero-order valence-electron chi connectivity index (χ0n) is 16.2. The third-order valence-electron chi connectivity index (χ3n) is 5.89. The van der Waals surface area contributed by atoms with Crippen LogP contribution in [0.15, 0.2) is 18.2 Å². The predicted octanol–water partition coefficient (Wildman–Crippen LogP) is 2.81. The number of carbonyl (C=O) groups excluding carboxylic acids is 1. The summed E-state index contributed by atoms with van der Waals surface area (Å²) in [5, 5.41) is 6.38. The van der Waals surface area contributed by atoms with Gasteiger partial charge in [-0.05, 0) is 37.5 Å². The van der Waals surface area contributed by atoms with Crippen molar-refractivity contribution in [2.75, 3.05) is 32.6 Å². The number of rotatable bonds is 7. The molecule has 2 aliphatic carbocycles. The van der Waals surface area contributed by atoms with Crippen LogP contribution in [0.25, 0.3) is 0 Å². The fourth-order valence-corrected chi connectivity index (χ4v) is 4.45. The van der Waals surface area contributed by atoms with E-state index in [1.807, 2.05) is 18.2 Å². The van der Waals surface area contributed by atoms with Crippen molar-refractivity contribution in [1.82, 2.24) is 5.32 Å². The summed E-state index contributed by atoms with van der Waals surface area (Å²) in [5.74, 6) is 2.84. The number of fused-ring (bicyclic) bond motifs is 2. The van der Waals surface area contributed by atoms with Gasteiger partial charge in [-0.15, -0.1) is 12.4 Å². The Morgan fingerprint density at radius 1 is 1.07 bits per heavy atom. The van der Waals surface area contributed by atoms with E-state index in [9.17, 15) is 4.79 Å². The van der Waals surface area contributed by atoms with E-state index >= 15 is 0 Å². The van der Waals surface area contributed by atoms with Gasteiger partial charge >= 0.3 is 0 Å². The predicted molar refractivity (Wildman–Crippen MR) is 110 cm³/mol. The van der Waals surface area contributed by atoms with Crippen molar-refractivity contribution in [2.45, 2.75) is 38.1 Å². The molecular formula is C20H32ClN3O3. The molecule has 0 spiro atoms. The number of benzene rings is 1. The lowest BCUT2D eigenvalue weighted by Crippen LogP contribution is -2.49. The zero-order valence-corrected chi connectivity index (χ0v) is 17.0. The van der Waals surface area contributed by atoms with E-state index in [0.29, 0.717) is 31.0 Å². The van der Waals surface area contributed by atoms with Gasteiger partial charge in [0.25, 0.3) is 0 Å². The van der Waals surface area contributed by atoms with Crippen molar-refractivity contribution in [3.8, 4) is 11.5 Å². The first-order valence-electron chi connectivity index (χ1n) is 9.61. The van der Waals surface area contributed by atoms with Gasteiger partial charge in [-0.3, -0.25) is 4.79 Å². The van der Waals surface area contributed by atoms with Crippen molar-refractivity contribution in [3.63, 3.8) is 0 Å². The van der Waals surface area contributed by atoms with Gasteiger partial charge in [0.2, 0.25) is 5.91 Å². The number of carbonyl (C=O) groups is 1. The van der Waals surface area contributed by atoms with Gasteiger partial charge in [-0.1, -0.05) is 6.42 Å². The molecule has 2 unspecified atom stereocenters. The number of anilines is 1. The fraction of sp³-hybridized carbons (Fsp3) is 0.650. The molecule has 6 nitrogen and oxygen atoms in total. The lowest BCUT2D eigenvalue weighted by molar-refractivity contribution is -0.127. The number of amides is 1. The Morgan fingerprint density at radius 2 is 1.67 bits per heavy atom. The maximum absolute atomic E-state index is 12.5. The number of ether oxygens (including phenoxy) is 2. The summed E-state index contributed by atoms with van der Waals surface area (Å²) in [6, 6.07) is 5.96. The van der Waals surface area contributed by atoms with Gasteiger partial charge < -0.3 is 25.8 Å². The third-order valence-corrected chi connectivity index (χ3v) is 5.89. The van der Waals surface area contributed by atoms with Crippen molar-refractivity contribution >= 4 is 24.0 Å². The smallest absolute Gasteiger partial charge is 0.223 e. The minimum Gasteiger partial charge on any atom is -0.497 e. The molecule has 152 valence electrons. The lowest BCUT2D eigenvalue weighted by Gasteiger charge is -2.43. The van der Waals surface area contributed by atoms with Crippen molar-refractivity contribution < 1.29 is 14.3 Å². The van der Waals surface area contributed by atoms with Crippen LogP contribution in [-0.2, 0) is 4.79 Å². The van der Waals surface area contributed by atoms with Gasteiger partial charge in [-0.2, -0.15) is 0 Å². The Kier molecular flexibility index (Phi) is 8.05. The molecule has 2 saturated carbocycles. The molecule has 0 radical (unpaired) electrons. The van der Waals surface area contributed by atoms with E-state index in [4.69, 9.17) is 15.2 Å². The van der Waals surface area contributed by atoms with Gasteiger partial charge in [0, 0.05) is 48.9 Å². The molecule has 7 heteroatoms. The number of hydrogen-bond acceptors (Lipinski definition) is 5. The van der Waals surface area contributed by atoms with E-state index in [1.54, 1.807) is 14.2 Å². The summed E-state index contributed by atoms with van der Waals surface area (Å²) in [6.07, 6.45) is 5.53. The summed E-state index contributed by atoms with van der Waals surface area (Å²) < 4.78 is 10.5. The molecule has 27 heavy (non-hydrogen) atoms. The minimum absolute atomic E-state index is 0. The quantitative estimate of drug-likeness (QED) is 0.616. The Hall–Kier alpha value is -1.66. The Bertz CT molecular complexity index is 592. The van der Waals surface area contributed by atoms with Crippen LogP contribution >= 0.6 is 12.4 Å². The largest absolute Gasteiger partial charge is 0.497 e. The summed E-state index contributed by atoms with van der Waals surface area (Å²) in [5.41, 5.74) is 7.23. The van der Waals surface area contributed by atoms with Crippen LogP contribution in [0.2, 0.25) is 0 Å². The lowest BCUT2D eigenvalue weighted by atomic mass is 9.65. The van der Waals surface area contributed by atoms with Crippen LogP contribution in [0.5, 0.6) is 11.5 Å². The van der Waals surface area contributed by atoms with E-state index in [-0.39, 0.29) is 24.2 Å². The molecule has 2 atom stereocenters. The average Bonchev–Trinajstić information content (AvgIpc) is 2.64. The zero-order chi connectivity index (χ0) is 18.5. The van der Waals surface area contributed by atoms with Crippen molar-refractivity contribution in [1.29, 1.82) is 0 Å². The van der Waals surface area contributed by atoms with E-state index in [1.165, 1.54) is 19.3 Å². The Labute approximate surface area is 168 Å². The van der Waals surface area contributed by atoms with Crippen LogP contribution in [0.4, 0.5) is 5.69 Å². The first kappa shape index (κ1) is 21.6. The van der Waals surface area contributed by atoms with Crippen molar-refractivity contribution in [3.05, 3.63) is 18.2 Å². The molecule has 2 aliphatic rings. The van der Waals surface area contributed by atoms with Crippen LogP contribution < -0.4 is 25.8 Å². The third kappa shape index (κ3) is 5.42. The number of hydrogen-bond donors (Lipinski definition) is 3. The van der Waals surface area contributed by atoms with E-state index in [2.05, 4.69) is 10.6 Å². The van der Waals surface area contributed by atoms with E-state index in [0.717, 1.165) is 30.0 Å². The molecule has 1 aromatic rings. The molecule has 1 amide bonds. The maximum Gasteiger partial charge on any atom is 0.223 e. The topological polar surface area (TPSA) is 85.6 Å². The standard InChI is InChI=1S/C20H31N3O3.ClH/c1-25-17-10-16(11-18(12-17)26-2)22-6-7-23-20(24)15-8-13-4-3-5-14(9-15)19(13)21;/h10-15,19,22H,3-9,21H2,1-2H3,(H,23,24);1H. The summed E-state index contributed by atoms with van der Waals surface area (Å²) in [7, 11) is 3.26. The normalized spacial score (nSPS) is 26.5. The van der Waals surface area contributed by atoms with E-state index < -0.39 is 0 Å². The highest BCUT2D eigenvalue weighted by molar-refractivity contribution is 5.85. The van der Waals surface area contributed by atoms with Gasteiger partial charge in [0.05, 0.1) is 14.2 Å². The summed E-state index contributed by atoms with van der Waals surface area (Å²) >= 11 is 0. The van der Waals surface area contributed by atoms with Crippen LogP contribution in [0.1, 0.15) is 32.1 Å². The highest BCUT2D eigenvalue weighted by Gasteiger charge is 2.40. The first-order valence-corrected chi connectivity index (χ1v) is 9.61. The monoisotopic (exact) mass is 397 g/mol. The van der Waals surface area contributed by atoms with Crippen LogP contribution in [0, 0.1) is 17.8 Å². The molecule has 0 aliphatic heterocycles. The average molecular weight is 398 g/mol. The second-order valence-corrected chi connectivity index (χ2v) is 7.52. The van der Waals surface area contributed by atoms with Gasteiger partial charge in [-0.25, -0.2) is 0 Å². The number of halogens is 1. The molecule has 0 heterocycles. The second-order valence-electron chi connectivity index (χ2n) is 7.52. The molecule has 0 saturated heterocycles. The molecular weight excluding hydrogens is 366 g/mol. The van der Waals surface area contributed by atoms with Gasteiger partial charge in [0.1, 0.15) is 11.5 Å². The molecule has 2 fully saturated rings. The minimum atomic E-state index is 0.